The van der Waals surface area contributed by atoms with Gasteiger partial charge in [0.05, 0.1) is 31.5 Å². The molecule has 1 aliphatic heterocycles. The number of nitriles is 1. The number of benzene rings is 1. The highest BCUT2D eigenvalue weighted by atomic mass is 16.5. The fraction of sp³-hybridized carbons (Fsp3) is 0.575. The number of imide groups is 1. The average molecular weight is 654 g/mol. The van der Waals surface area contributed by atoms with Crippen molar-refractivity contribution in [3.8, 4) is 11.8 Å². The molecule has 0 radical (unpaired) electrons. The van der Waals surface area contributed by atoms with E-state index in [0.717, 1.165) is 106 Å². The number of carbonyl (C=O) groups is 2. The normalized spacial score (nSPS) is 14.5. The summed E-state index contributed by atoms with van der Waals surface area (Å²) < 4.78 is 6.51. The Kier molecular flexibility index (Phi) is 18.5. The fourth-order valence-corrected chi connectivity index (χ4v) is 5.73. The van der Waals surface area contributed by atoms with Crippen molar-refractivity contribution in [1.29, 1.82) is 5.26 Å². The minimum atomic E-state index is -0.683. The first kappa shape index (κ1) is 39.8. The van der Waals surface area contributed by atoms with Gasteiger partial charge in [0.15, 0.2) is 0 Å². The van der Waals surface area contributed by atoms with E-state index in [0.29, 0.717) is 24.7 Å². The maximum atomic E-state index is 13.8. The van der Waals surface area contributed by atoms with Gasteiger partial charge in [0.25, 0.3) is 11.6 Å². The van der Waals surface area contributed by atoms with Crippen molar-refractivity contribution >= 4 is 23.6 Å². The lowest BCUT2D eigenvalue weighted by Crippen LogP contribution is -2.33. The molecule has 2 rings (SSSR count). The van der Waals surface area contributed by atoms with E-state index in [-0.39, 0.29) is 23.4 Å². The molecule has 48 heavy (non-hydrogen) atoms. The van der Waals surface area contributed by atoms with Crippen LogP contribution in [0.25, 0.3) is 15.8 Å². The Bertz CT molecular complexity index is 1410. The van der Waals surface area contributed by atoms with Crippen molar-refractivity contribution in [2.24, 2.45) is 5.92 Å². The Hall–Kier alpha value is -4.35. The molecule has 0 aliphatic carbocycles. The quantitative estimate of drug-likeness (QED) is 0.0707. The number of unbranched alkanes of at least 4 members (excludes halogenated alkanes) is 7. The van der Waals surface area contributed by atoms with Gasteiger partial charge in [0.1, 0.15) is 5.75 Å². The summed E-state index contributed by atoms with van der Waals surface area (Å²) in [5.41, 5.74) is 1.02. The fourth-order valence-electron chi connectivity index (χ4n) is 5.73. The molecular weight excluding hydrogens is 598 g/mol. The van der Waals surface area contributed by atoms with Gasteiger partial charge in [-0.1, -0.05) is 105 Å². The van der Waals surface area contributed by atoms with Crippen molar-refractivity contribution in [2.45, 2.75) is 125 Å². The number of amides is 2. The number of nitrogens with zero attached hydrogens (tertiary/aromatic N) is 5. The standard InChI is InChI=1S/C40H55N5O3/c1-8-13-17-18-19-21-37(46)45-39(35(29-41)42-6)38(43-7)34(40(45)47)25-23-32-22-24-33(44(26-15-10-3)27-16-11-4)28-36(32)48-30-31(12-5)20-14-9-2/h22-25,28,31H,8-21,26-27,30H2,1-5H3/b25-23+,39-35+. The molecule has 0 aromatic heterocycles. The molecule has 8 heteroatoms. The highest BCUT2D eigenvalue weighted by Gasteiger charge is 2.40. The van der Waals surface area contributed by atoms with Crippen molar-refractivity contribution in [3.63, 3.8) is 0 Å². The van der Waals surface area contributed by atoms with E-state index in [9.17, 15) is 14.9 Å². The van der Waals surface area contributed by atoms with Crippen LogP contribution in [0.15, 0.2) is 46.9 Å². The lowest BCUT2D eigenvalue weighted by atomic mass is 10.0. The smallest absolute Gasteiger partial charge is 0.275 e. The van der Waals surface area contributed by atoms with E-state index in [1.165, 1.54) is 6.08 Å². The summed E-state index contributed by atoms with van der Waals surface area (Å²) in [4.78, 5) is 37.3. The van der Waals surface area contributed by atoms with Gasteiger partial charge in [-0.3, -0.25) is 14.5 Å². The second-order valence-corrected chi connectivity index (χ2v) is 12.5. The first-order valence-electron chi connectivity index (χ1n) is 18.1. The second kappa shape index (κ2) is 22.3. The van der Waals surface area contributed by atoms with Crippen LogP contribution in [0.3, 0.4) is 0 Å². The van der Waals surface area contributed by atoms with Crippen LogP contribution in [0.4, 0.5) is 5.69 Å². The van der Waals surface area contributed by atoms with E-state index in [4.69, 9.17) is 17.9 Å². The first-order chi connectivity index (χ1) is 23.3. The molecule has 8 nitrogen and oxygen atoms in total. The van der Waals surface area contributed by atoms with Crippen LogP contribution in [-0.4, -0.2) is 36.4 Å². The zero-order valence-electron chi connectivity index (χ0n) is 29.9. The van der Waals surface area contributed by atoms with Gasteiger partial charge in [0, 0.05) is 42.4 Å². The van der Waals surface area contributed by atoms with Gasteiger partial charge in [-0.05, 0) is 43.7 Å². The Labute approximate surface area is 289 Å². The Morgan fingerprint density at radius 3 is 2.21 bits per heavy atom. The molecule has 0 saturated heterocycles. The third-order valence-corrected chi connectivity index (χ3v) is 8.81. The summed E-state index contributed by atoms with van der Waals surface area (Å²) in [6.45, 7) is 28.8. The number of allylic oxidation sites excluding steroid dienone is 1. The predicted molar refractivity (Wildman–Crippen MR) is 194 cm³/mol. The summed E-state index contributed by atoms with van der Waals surface area (Å²) in [7, 11) is 0. The molecule has 2 amide bonds. The molecule has 0 N–H and O–H groups in total. The molecule has 258 valence electrons. The molecule has 1 aromatic carbocycles. The largest absolute Gasteiger partial charge is 0.493 e. The van der Waals surface area contributed by atoms with E-state index in [2.05, 4.69) is 61.3 Å². The van der Waals surface area contributed by atoms with E-state index >= 15 is 0 Å². The Morgan fingerprint density at radius 1 is 0.958 bits per heavy atom. The molecule has 1 heterocycles. The zero-order chi connectivity index (χ0) is 35.3. The highest BCUT2D eigenvalue weighted by molar-refractivity contribution is 6.13. The van der Waals surface area contributed by atoms with Crippen molar-refractivity contribution in [1.82, 2.24) is 4.90 Å². The monoisotopic (exact) mass is 653 g/mol. The van der Waals surface area contributed by atoms with Crippen LogP contribution in [0.5, 0.6) is 5.75 Å². The van der Waals surface area contributed by atoms with Gasteiger partial charge in [-0.15, -0.1) is 0 Å². The molecular formula is C40H55N5O3. The van der Waals surface area contributed by atoms with Crippen LogP contribution in [0.2, 0.25) is 0 Å². The van der Waals surface area contributed by atoms with E-state index < -0.39 is 17.5 Å². The summed E-state index contributed by atoms with van der Waals surface area (Å²) >= 11 is 0. The zero-order valence-corrected chi connectivity index (χ0v) is 29.9. The Balaban J connectivity index is 2.56. The Morgan fingerprint density at radius 2 is 1.62 bits per heavy atom. The van der Waals surface area contributed by atoms with Gasteiger partial charge >= 0.3 is 0 Å². The summed E-state index contributed by atoms with van der Waals surface area (Å²) in [5, 5.41) is 9.71. The molecule has 1 unspecified atom stereocenters. The third-order valence-electron chi connectivity index (χ3n) is 8.81. The first-order valence-corrected chi connectivity index (χ1v) is 18.1. The summed E-state index contributed by atoms with van der Waals surface area (Å²) in [5.74, 6) is -0.0708. The minimum absolute atomic E-state index is 0.00680. The summed E-state index contributed by atoms with van der Waals surface area (Å²) in [6, 6.07) is 7.92. The lowest BCUT2D eigenvalue weighted by molar-refractivity contribution is -0.139. The minimum Gasteiger partial charge on any atom is -0.493 e. The number of rotatable bonds is 22. The van der Waals surface area contributed by atoms with Gasteiger partial charge in [-0.25, -0.2) is 15.0 Å². The van der Waals surface area contributed by atoms with Crippen LogP contribution < -0.4 is 9.64 Å². The van der Waals surface area contributed by atoms with Crippen LogP contribution in [0, 0.1) is 30.4 Å². The van der Waals surface area contributed by atoms with Crippen molar-refractivity contribution in [3.05, 3.63) is 75.3 Å². The summed E-state index contributed by atoms with van der Waals surface area (Å²) in [6.07, 6.45) is 16.7. The third kappa shape index (κ3) is 11.4. The topological polar surface area (TPSA) is 82.4 Å². The van der Waals surface area contributed by atoms with Gasteiger partial charge in [-0.2, -0.15) is 0 Å². The number of hydrogen-bond donors (Lipinski definition) is 0. The van der Waals surface area contributed by atoms with E-state index in [1.54, 1.807) is 12.1 Å². The molecule has 0 saturated carbocycles. The molecule has 0 spiro atoms. The second-order valence-electron chi connectivity index (χ2n) is 12.5. The number of ether oxygens (including phenoxy) is 1. The highest BCUT2D eigenvalue weighted by Crippen LogP contribution is 2.36. The number of carbonyl (C=O) groups excluding carboxylic acids is 2. The van der Waals surface area contributed by atoms with Crippen LogP contribution in [-0.2, 0) is 9.59 Å². The molecule has 1 aromatic rings. The lowest BCUT2D eigenvalue weighted by Gasteiger charge is -2.26. The van der Waals surface area contributed by atoms with Crippen LogP contribution >= 0.6 is 0 Å². The van der Waals surface area contributed by atoms with Crippen molar-refractivity contribution < 1.29 is 14.3 Å². The van der Waals surface area contributed by atoms with Gasteiger partial charge < -0.3 is 9.64 Å². The molecule has 0 bridgehead atoms. The number of anilines is 1. The molecule has 1 aliphatic rings. The van der Waals surface area contributed by atoms with Crippen LogP contribution in [0.1, 0.15) is 130 Å². The predicted octanol–water partition coefficient (Wildman–Crippen LogP) is 10.3. The maximum Gasteiger partial charge on any atom is 0.275 e. The SMILES string of the molecule is [C-]#[N+]C1=C(/C=C/c2ccc(N(CCCC)CCCC)cc2OCC(CC)CCCC)C(=O)N(C(=O)CCCCCCC)/C1=C(\C#N)[N+]#[C-]. The maximum absolute atomic E-state index is 13.8. The molecule has 1 atom stereocenters. The van der Waals surface area contributed by atoms with Gasteiger partial charge in [0.2, 0.25) is 11.6 Å². The average Bonchev–Trinajstić information content (AvgIpc) is 3.38. The number of hydrogen-bond acceptors (Lipinski definition) is 5. The van der Waals surface area contributed by atoms with E-state index in [1.807, 2.05) is 6.07 Å². The molecule has 0 fully saturated rings. The van der Waals surface area contributed by atoms with Crippen molar-refractivity contribution in [2.75, 3.05) is 24.6 Å².